The molecule has 4 aromatic rings. The van der Waals surface area contributed by atoms with Gasteiger partial charge in [-0.1, -0.05) is 89.6 Å². The molecule has 8 nitrogen and oxygen atoms in total. The van der Waals surface area contributed by atoms with Crippen molar-refractivity contribution in [2.24, 2.45) is 5.73 Å². The summed E-state index contributed by atoms with van der Waals surface area (Å²) in [7, 11) is 1.50. The molecule has 1 spiro atoms. The molecule has 1 amide bonds. The van der Waals surface area contributed by atoms with Gasteiger partial charge in [0.2, 0.25) is 5.76 Å². The molecule has 0 radical (unpaired) electrons. The Morgan fingerprint density at radius 2 is 1.58 bits per heavy atom. The van der Waals surface area contributed by atoms with Crippen molar-refractivity contribution in [1.82, 2.24) is 14.7 Å². The van der Waals surface area contributed by atoms with Crippen LogP contribution in [-0.2, 0) is 41.6 Å². The molecule has 3 aromatic carbocycles. The molecule has 340 valence electrons. The monoisotopic (exact) mass is 876 g/mol. The van der Waals surface area contributed by atoms with Crippen molar-refractivity contribution in [2.45, 2.75) is 104 Å². The number of benzene rings is 3. The Bertz CT molecular complexity index is 2040. The molecule has 0 aliphatic carbocycles. The SMILES string of the molecule is CC.CC.CCCCN(CC(N)c1cccc(OCc2ccccc2)c1)C(=O)C1=C(N(C)Cc2c(F)cccc2C(F)(F)F)COC12CCN(Cc1ccc(C(F)(F)F)o1)CC2. The molecular weight excluding hydrogens is 818 g/mol. The van der Waals surface area contributed by atoms with E-state index in [1.165, 1.54) is 18.0 Å². The van der Waals surface area contributed by atoms with Gasteiger partial charge < -0.3 is 29.4 Å². The van der Waals surface area contributed by atoms with Crippen molar-refractivity contribution in [1.29, 1.82) is 0 Å². The van der Waals surface area contributed by atoms with Crippen molar-refractivity contribution in [3.8, 4) is 5.75 Å². The number of nitrogens with zero attached hydrogens (tertiary/aromatic N) is 3. The molecule has 3 heterocycles. The molecule has 1 fully saturated rings. The van der Waals surface area contributed by atoms with Crippen LogP contribution in [0.2, 0.25) is 0 Å². The number of furan rings is 1. The van der Waals surface area contributed by atoms with Crippen molar-refractivity contribution in [2.75, 3.05) is 39.8 Å². The second-order valence-electron chi connectivity index (χ2n) is 14.8. The maximum Gasteiger partial charge on any atom is 0.449 e. The van der Waals surface area contributed by atoms with Gasteiger partial charge in [-0.2, -0.15) is 26.3 Å². The summed E-state index contributed by atoms with van der Waals surface area (Å²) in [5.74, 6) is -1.81. The van der Waals surface area contributed by atoms with E-state index in [1.54, 1.807) is 4.90 Å². The highest BCUT2D eigenvalue weighted by atomic mass is 19.4. The van der Waals surface area contributed by atoms with Crippen LogP contribution in [0.1, 0.15) is 100 Å². The molecular formula is C47H59F7N4O4. The third-order valence-corrected chi connectivity index (χ3v) is 10.7. The predicted octanol–water partition coefficient (Wildman–Crippen LogP) is 11.2. The standard InChI is InChI=1S/C43H47F7N4O4.2C2H6/c1-3-4-20-54(26-36(51)30-12-8-13-31(23-30)56-27-29-10-6-5-7-11-29)40(55)39-37(52(2)25-33-34(42(45,46)47)14-9-15-35(33)44)28-57-41(39)18-21-53(22-19-41)24-32-16-17-38(58-32)43(48,49)50;2*1-2/h5-17,23,36H,3-4,18-22,24-28,51H2,1-2H3;2*1-2H3. The number of hydrogen-bond acceptors (Lipinski definition) is 7. The van der Waals surface area contributed by atoms with E-state index >= 15 is 9.18 Å². The quantitative estimate of drug-likeness (QED) is 0.119. The molecule has 2 N–H and O–H groups in total. The molecule has 2 aliphatic rings. The highest BCUT2D eigenvalue weighted by molar-refractivity contribution is 5.97. The number of nitrogens with two attached hydrogens (primary N) is 1. The summed E-state index contributed by atoms with van der Waals surface area (Å²) >= 11 is 0. The number of amides is 1. The van der Waals surface area contributed by atoms with Crippen LogP contribution < -0.4 is 10.5 Å². The number of piperidine rings is 1. The summed E-state index contributed by atoms with van der Waals surface area (Å²) in [5.41, 5.74) is 6.22. The number of unbranched alkanes of at least 4 members (excludes halogenated alkanes) is 1. The topological polar surface area (TPSA) is 84.4 Å². The molecule has 15 heteroatoms. The second kappa shape index (κ2) is 22.5. The van der Waals surface area contributed by atoms with Crippen LogP contribution in [0.5, 0.6) is 5.75 Å². The van der Waals surface area contributed by atoms with Gasteiger partial charge in [-0.25, -0.2) is 4.39 Å². The van der Waals surface area contributed by atoms with E-state index < -0.39 is 59.2 Å². The van der Waals surface area contributed by atoms with Crippen LogP contribution >= 0.6 is 0 Å². The van der Waals surface area contributed by atoms with E-state index in [9.17, 15) is 26.3 Å². The van der Waals surface area contributed by atoms with Gasteiger partial charge in [0.15, 0.2) is 0 Å². The number of likely N-dealkylation sites (N-methyl/N-ethyl adjacent to an activating group) is 1. The van der Waals surface area contributed by atoms with Gasteiger partial charge >= 0.3 is 12.4 Å². The summed E-state index contributed by atoms with van der Waals surface area (Å²) < 4.78 is 114. The fourth-order valence-corrected chi connectivity index (χ4v) is 7.55. The zero-order chi connectivity index (χ0) is 45.7. The number of carbonyl (C=O) groups is 1. The first kappa shape index (κ1) is 49.8. The lowest BCUT2D eigenvalue weighted by Crippen LogP contribution is -2.50. The Morgan fingerprint density at radius 1 is 0.903 bits per heavy atom. The molecule has 1 aromatic heterocycles. The smallest absolute Gasteiger partial charge is 0.449 e. The van der Waals surface area contributed by atoms with E-state index in [0.717, 1.165) is 41.8 Å². The Balaban J connectivity index is 0.00000205. The van der Waals surface area contributed by atoms with Gasteiger partial charge in [0.1, 0.15) is 29.5 Å². The highest BCUT2D eigenvalue weighted by Crippen LogP contribution is 2.44. The largest absolute Gasteiger partial charge is 0.489 e. The fourth-order valence-electron chi connectivity index (χ4n) is 7.55. The van der Waals surface area contributed by atoms with E-state index in [-0.39, 0.29) is 43.9 Å². The summed E-state index contributed by atoms with van der Waals surface area (Å²) in [5, 5.41) is 0. The second-order valence-corrected chi connectivity index (χ2v) is 14.8. The number of ether oxygens (including phenoxy) is 2. The van der Waals surface area contributed by atoms with Crippen molar-refractivity contribution in [3.63, 3.8) is 0 Å². The van der Waals surface area contributed by atoms with Gasteiger partial charge in [0, 0.05) is 51.4 Å². The van der Waals surface area contributed by atoms with Crippen LogP contribution in [0.4, 0.5) is 30.7 Å². The van der Waals surface area contributed by atoms with Crippen LogP contribution in [-0.4, -0.2) is 66.0 Å². The Kier molecular flexibility index (Phi) is 18.1. The van der Waals surface area contributed by atoms with Gasteiger partial charge in [-0.15, -0.1) is 0 Å². The minimum absolute atomic E-state index is 0.0883. The lowest BCUT2D eigenvalue weighted by molar-refractivity contribution is -0.153. The maximum absolute atomic E-state index is 15.1. The first-order valence-corrected chi connectivity index (χ1v) is 21.2. The van der Waals surface area contributed by atoms with Crippen LogP contribution in [0.3, 0.4) is 0 Å². The highest BCUT2D eigenvalue weighted by Gasteiger charge is 2.50. The minimum Gasteiger partial charge on any atom is -0.489 e. The Morgan fingerprint density at radius 3 is 2.21 bits per heavy atom. The first-order valence-electron chi connectivity index (χ1n) is 21.2. The van der Waals surface area contributed by atoms with E-state index in [0.29, 0.717) is 44.1 Å². The summed E-state index contributed by atoms with van der Waals surface area (Å²) in [6.07, 6.45) is -7.57. The zero-order valence-corrected chi connectivity index (χ0v) is 36.3. The number of alkyl halides is 6. The molecule has 1 unspecified atom stereocenters. The fraction of sp³-hybridized carbons (Fsp3) is 0.468. The van der Waals surface area contributed by atoms with Crippen molar-refractivity contribution in [3.05, 3.63) is 136 Å². The minimum atomic E-state index is -4.82. The van der Waals surface area contributed by atoms with Gasteiger partial charge in [0.25, 0.3) is 5.91 Å². The normalized spacial score (nSPS) is 15.6. The molecule has 1 saturated heterocycles. The summed E-state index contributed by atoms with van der Waals surface area (Å²) in [6.45, 7) is 10.8. The molecule has 0 saturated carbocycles. The van der Waals surface area contributed by atoms with E-state index in [1.807, 2.05) is 94.1 Å². The van der Waals surface area contributed by atoms with Crippen LogP contribution in [0.15, 0.2) is 101 Å². The predicted molar refractivity (Wildman–Crippen MR) is 225 cm³/mol. The van der Waals surface area contributed by atoms with Crippen LogP contribution in [0.25, 0.3) is 0 Å². The molecule has 6 rings (SSSR count). The van der Waals surface area contributed by atoms with Crippen molar-refractivity contribution >= 4 is 5.91 Å². The van der Waals surface area contributed by atoms with E-state index in [4.69, 9.17) is 19.6 Å². The van der Waals surface area contributed by atoms with E-state index in [2.05, 4.69) is 0 Å². The van der Waals surface area contributed by atoms with Gasteiger partial charge in [-0.3, -0.25) is 9.69 Å². The molecule has 2 aliphatic heterocycles. The number of rotatable bonds is 15. The Hall–Kier alpha value is -4.86. The number of hydrogen-bond donors (Lipinski definition) is 1. The summed E-state index contributed by atoms with van der Waals surface area (Å²) in [4.78, 5) is 20.0. The van der Waals surface area contributed by atoms with Gasteiger partial charge in [-0.05, 0) is 66.8 Å². The first-order chi connectivity index (χ1) is 29.6. The average molecular weight is 877 g/mol. The lowest BCUT2D eigenvalue weighted by Gasteiger charge is -2.41. The van der Waals surface area contributed by atoms with Crippen molar-refractivity contribution < 1.29 is 49.4 Å². The lowest BCUT2D eigenvalue weighted by atomic mass is 9.83. The zero-order valence-electron chi connectivity index (χ0n) is 36.3. The third kappa shape index (κ3) is 12.6. The summed E-state index contributed by atoms with van der Waals surface area (Å²) in [6, 6.07) is 21.3. The number of likely N-dealkylation sites (tertiary alicyclic amines) is 1. The Labute approximate surface area is 360 Å². The molecule has 0 bridgehead atoms. The molecule has 1 atom stereocenters. The number of carbonyl (C=O) groups excluding carboxylic acids is 1. The number of halogens is 7. The molecule has 62 heavy (non-hydrogen) atoms. The third-order valence-electron chi connectivity index (χ3n) is 10.7. The maximum atomic E-state index is 15.1. The average Bonchev–Trinajstić information content (AvgIpc) is 3.90. The van der Waals surface area contributed by atoms with Gasteiger partial charge in [0.05, 0.1) is 30.0 Å². The van der Waals surface area contributed by atoms with Crippen LogP contribution in [0, 0.1) is 5.82 Å².